The van der Waals surface area contributed by atoms with E-state index in [1.54, 1.807) is 0 Å². The molecule has 0 aliphatic heterocycles. The van der Waals surface area contributed by atoms with E-state index in [-0.39, 0.29) is 0 Å². The van der Waals surface area contributed by atoms with E-state index in [4.69, 9.17) is 0 Å². The fourth-order valence-electron chi connectivity index (χ4n) is 1.18. The van der Waals surface area contributed by atoms with Crippen LogP contribution in [-0.4, -0.2) is 0 Å². The van der Waals surface area contributed by atoms with Crippen LogP contribution in [0.2, 0.25) is 0 Å². The number of rotatable bonds is 7. The van der Waals surface area contributed by atoms with Crippen molar-refractivity contribution in [1.29, 1.82) is 0 Å². The van der Waals surface area contributed by atoms with Crippen molar-refractivity contribution < 1.29 is 0 Å². The summed E-state index contributed by atoms with van der Waals surface area (Å²) in [6, 6.07) is 0. The average Bonchev–Trinajstić information content (AvgIpc) is 2.17. The van der Waals surface area contributed by atoms with Crippen LogP contribution < -0.4 is 0 Å². The molecule has 0 saturated carbocycles. The topological polar surface area (TPSA) is 0 Å². The number of hydrogen-bond donors (Lipinski definition) is 0. The fraction of sp³-hybridized carbons (Fsp3) is 1.00. The van der Waals surface area contributed by atoms with E-state index < -0.39 is 0 Å². The third-order valence-electron chi connectivity index (χ3n) is 2.16. The fourth-order valence-corrected chi connectivity index (χ4v) is 1.18. The van der Waals surface area contributed by atoms with Gasteiger partial charge in [-0.15, -0.1) is 0 Å². The van der Waals surface area contributed by atoms with Gasteiger partial charge in [-0.25, -0.2) is 0 Å². The molecule has 0 amide bonds. The highest BCUT2D eigenvalue weighted by Crippen LogP contribution is 2.00. The number of unbranched alkanes of at least 4 members (excludes halogenated alkanes) is 7. The third-order valence-corrected chi connectivity index (χ3v) is 2.16. The van der Waals surface area contributed by atoms with Crippen molar-refractivity contribution in [2.45, 2.75) is 85.5 Å². The van der Waals surface area contributed by atoms with Crippen LogP contribution >= 0.6 is 0 Å². The Kier molecular flexibility index (Phi) is 21.3. The summed E-state index contributed by atoms with van der Waals surface area (Å²) in [6.07, 6.45) is 12.5. The summed E-state index contributed by atoms with van der Waals surface area (Å²) in [5.74, 6) is 0. The van der Waals surface area contributed by atoms with Crippen LogP contribution in [0.5, 0.6) is 0 Å². The molecule has 0 radical (unpaired) electrons. The SMILES string of the molecule is CCCCCC.CCCCCCC. The summed E-state index contributed by atoms with van der Waals surface area (Å²) in [7, 11) is 0. The Labute approximate surface area is 86.1 Å². The first-order valence-corrected chi connectivity index (χ1v) is 6.33. The standard InChI is InChI=1S/C7H16.C6H14/c1-3-5-7-6-4-2;1-3-5-6-4-2/h3-7H2,1-2H3;3-6H2,1-2H3. The summed E-state index contributed by atoms with van der Waals surface area (Å²) in [5, 5.41) is 0. The van der Waals surface area contributed by atoms with Crippen LogP contribution in [0.25, 0.3) is 0 Å². The predicted octanol–water partition coefficient (Wildman–Crippen LogP) is 5.56. The normalized spacial score (nSPS) is 9.23. The molecular formula is C13H30. The van der Waals surface area contributed by atoms with Gasteiger partial charge >= 0.3 is 0 Å². The Bertz CT molecular complexity index is 49.1. The van der Waals surface area contributed by atoms with E-state index in [2.05, 4.69) is 27.7 Å². The maximum Gasteiger partial charge on any atom is -0.0533 e. The molecular weight excluding hydrogens is 156 g/mol. The number of hydrogen-bond acceptors (Lipinski definition) is 0. The van der Waals surface area contributed by atoms with Crippen molar-refractivity contribution in [3.05, 3.63) is 0 Å². The average molecular weight is 186 g/mol. The molecule has 0 aromatic heterocycles. The third kappa shape index (κ3) is 24.5. The van der Waals surface area contributed by atoms with Crippen LogP contribution in [0.4, 0.5) is 0 Å². The smallest absolute Gasteiger partial charge is 0.0533 e. The summed E-state index contributed by atoms with van der Waals surface area (Å²) in [4.78, 5) is 0. The molecule has 0 fully saturated rings. The van der Waals surface area contributed by atoms with Gasteiger partial charge in [-0.05, 0) is 0 Å². The Balaban J connectivity index is 0. The van der Waals surface area contributed by atoms with Gasteiger partial charge in [-0.2, -0.15) is 0 Å². The van der Waals surface area contributed by atoms with Gasteiger partial charge in [0.05, 0.1) is 0 Å². The molecule has 0 heterocycles. The summed E-state index contributed by atoms with van der Waals surface area (Å²) in [5.41, 5.74) is 0. The minimum Gasteiger partial charge on any atom is -0.0654 e. The molecule has 0 N–H and O–H groups in total. The van der Waals surface area contributed by atoms with Gasteiger partial charge in [0.25, 0.3) is 0 Å². The van der Waals surface area contributed by atoms with Gasteiger partial charge in [0.15, 0.2) is 0 Å². The molecule has 0 spiro atoms. The molecule has 0 atom stereocenters. The van der Waals surface area contributed by atoms with Crippen molar-refractivity contribution in [2.75, 3.05) is 0 Å². The van der Waals surface area contributed by atoms with Gasteiger partial charge in [-0.3, -0.25) is 0 Å². The van der Waals surface area contributed by atoms with E-state index in [0.717, 1.165) is 0 Å². The second-order valence-electron chi connectivity index (χ2n) is 3.77. The lowest BCUT2D eigenvalue weighted by molar-refractivity contribution is 0.656. The minimum atomic E-state index is 1.36. The van der Waals surface area contributed by atoms with Gasteiger partial charge in [-0.1, -0.05) is 85.5 Å². The lowest BCUT2D eigenvalue weighted by atomic mass is 10.2. The molecule has 0 saturated heterocycles. The molecule has 0 nitrogen and oxygen atoms in total. The molecule has 0 aromatic rings. The monoisotopic (exact) mass is 186 g/mol. The first-order valence-electron chi connectivity index (χ1n) is 6.33. The second kappa shape index (κ2) is 17.9. The van der Waals surface area contributed by atoms with Gasteiger partial charge in [0, 0.05) is 0 Å². The molecule has 0 aromatic carbocycles. The van der Waals surface area contributed by atoms with Crippen molar-refractivity contribution in [3.63, 3.8) is 0 Å². The van der Waals surface area contributed by atoms with Gasteiger partial charge < -0.3 is 0 Å². The first-order chi connectivity index (χ1) is 6.33. The molecule has 82 valence electrons. The zero-order chi connectivity index (χ0) is 10.4. The van der Waals surface area contributed by atoms with Gasteiger partial charge in [0.1, 0.15) is 0 Å². The Morgan fingerprint density at radius 3 is 0.846 bits per heavy atom. The Morgan fingerprint density at radius 1 is 0.385 bits per heavy atom. The van der Waals surface area contributed by atoms with Crippen LogP contribution in [0.15, 0.2) is 0 Å². The highest BCUT2D eigenvalue weighted by Gasteiger charge is 1.80. The Hall–Kier alpha value is 0. The largest absolute Gasteiger partial charge is 0.0654 e. The molecule has 0 rings (SSSR count). The van der Waals surface area contributed by atoms with Crippen LogP contribution in [0, 0.1) is 0 Å². The lowest BCUT2D eigenvalue weighted by Gasteiger charge is -1.90. The summed E-state index contributed by atoms with van der Waals surface area (Å²) in [6.45, 7) is 8.95. The maximum absolute atomic E-state index is 2.25. The van der Waals surface area contributed by atoms with E-state index in [9.17, 15) is 0 Å². The maximum atomic E-state index is 2.25. The zero-order valence-corrected chi connectivity index (χ0v) is 10.4. The molecule has 13 heavy (non-hydrogen) atoms. The first kappa shape index (κ1) is 15.5. The van der Waals surface area contributed by atoms with Crippen molar-refractivity contribution in [3.8, 4) is 0 Å². The highest BCUT2D eigenvalue weighted by molar-refractivity contribution is 4.35. The molecule has 0 unspecified atom stereocenters. The van der Waals surface area contributed by atoms with E-state index in [0.29, 0.717) is 0 Å². The highest BCUT2D eigenvalue weighted by atomic mass is 13.9. The quantitative estimate of drug-likeness (QED) is 0.456. The Morgan fingerprint density at radius 2 is 0.615 bits per heavy atom. The predicted molar refractivity (Wildman–Crippen MR) is 64.2 cm³/mol. The van der Waals surface area contributed by atoms with E-state index in [1.165, 1.54) is 57.8 Å². The van der Waals surface area contributed by atoms with Crippen LogP contribution in [-0.2, 0) is 0 Å². The molecule has 0 aliphatic carbocycles. The second-order valence-corrected chi connectivity index (χ2v) is 3.77. The van der Waals surface area contributed by atoms with Crippen molar-refractivity contribution in [1.82, 2.24) is 0 Å². The lowest BCUT2D eigenvalue weighted by Crippen LogP contribution is -1.70. The van der Waals surface area contributed by atoms with Gasteiger partial charge in [0.2, 0.25) is 0 Å². The summed E-state index contributed by atoms with van der Waals surface area (Å²) < 4.78 is 0. The van der Waals surface area contributed by atoms with Crippen LogP contribution in [0.1, 0.15) is 85.5 Å². The van der Waals surface area contributed by atoms with Crippen molar-refractivity contribution >= 4 is 0 Å². The molecule has 0 aliphatic rings. The minimum absolute atomic E-state index is 1.36. The van der Waals surface area contributed by atoms with Crippen LogP contribution in [0.3, 0.4) is 0 Å². The zero-order valence-electron chi connectivity index (χ0n) is 10.4. The van der Waals surface area contributed by atoms with E-state index in [1.807, 2.05) is 0 Å². The molecule has 0 bridgehead atoms. The van der Waals surface area contributed by atoms with Crippen molar-refractivity contribution in [2.24, 2.45) is 0 Å². The molecule has 0 heteroatoms. The van der Waals surface area contributed by atoms with E-state index >= 15 is 0 Å². The summed E-state index contributed by atoms with van der Waals surface area (Å²) >= 11 is 0.